The third-order valence-corrected chi connectivity index (χ3v) is 3.69. The first kappa shape index (κ1) is 15.0. The van der Waals surface area contributed by atoms with Crippen LogP contribution in [0.2, 0.25) is 0 Å². The van der Waals surface area contributed by atoms with Gasteiger partial charge in [0.1, 0.15) is 0 Å². The quantitative estimate of drug-likeness (QED) is 0.825. The minimum atomic E-state index is -1.00. The zero-order valence-corrected chi connectivity index (χ0v) is 12.1. The van der Waals surface area contributed by atoms with E-state index in [1.807, 2.05) is 0 Å². The Balaban J connectivity index is 2.32. The lowest BCUT2D eigenvalue weighted by atomic mass is 9.91. The Morgan fingerprint density at radius 2 is 2.10 bits per heavy atom. The van der Waals surface area contributed by atoms with Gasteiger partial charge in [0.2, 0.25) is 0 Å². The number of hydroxylamine groups is 1. The molecule has 0 radical (unpaired) electrons. The van der Waals surface area contributed by atoms with E-state index in [2.05, 4.69) is 5.48 Å². The maximum absolute atomic E-state index is 12.2. The van der Waals surface area contributed by atoms with Gasteiger partial charge in [-0.2, -0.15) is 5.48 Å². The fraction of sp³-hybridized carbons (Fsp3) is 0.400. The molecule has 0 spiro atoms. The van der Waals surface area contributed by atoms with Crippen LogP contribution in [0.25, 0.3) is 0 Å². The van der Waals surface area contributed by atoms with Crippen LogP contribution in [-0.2, 0) is 9.59 Å². The summed E-state index contributed by atoms with van der Waals surface area (Å²) in [4.78, 5) is 39.7. The van der Waals surface area contributed by atoms with Crippen LogP contribution in [0.3, 0.4) is 0 Å². The number of nitrogens with one attached hydrogen (secondary N) is 1. The standard InChI is InChI=1S/C15H17NO5/c1-7-4-11-9(3)14(18)16-21-13(11)6-10(7)12(17)5-8(2)15(19)20/h4,6,8-9H,5H2,1-3H3,(H,16,18)(H,19,20). The van der Waals surface area contributed by atoms with Gasteiger partial charge in [-0.05, 0) is 25.5 Å². The largest absolute Gasteiger partial charge is 0.481 e. The number of aryl methyl sites for hydroxylation is 1. The average molecular weight is 291 g/mol. The molecule has 1 aromatic rings. The molecule has 0 aromatic heterocycles. The maximum atomic E-state index is 12.2. The number of Topliss-reactive ketones (excluding diaryl/α,β-unsaturated/α-hetero) is 1. The van der Waals surface area contributed by atoms with E-state index in [1.54, 1.807) is 26.0 Å². The molecule has 0 aliphatic carbocycles. The molecule has 6 nitrogen and oxygen atoms in total. The molecule has 2 atom stereocenters. The van der Waals surface area contributed by atoms with Crippen LogP contribution in [0.1, 0.15) is 47.7 Å². The van der Waals surface area contributed by atoms with Crippen LogP contribution in [0.15, 0.2) is 12.1 Å². The van der Waals surface area contributed by atoms with Crippen molar-refractivity contribution in [3.8, 4) is 5.75 Å². The van der Waals surface area contributed by atoms with E-state index in [-0.39, 0.29) is 24.0 Å². The summed E-state index contributed by atoms with van der Waals surface area (Å²) in [5.41, 5.74) is 4.14. The summed E-state index contributed by atoms with van der Waals surface area (Å²) in [6, 6.07) is 3.31. The second-order valence-corrected chi connectivity index (χ2v) is 5.36. The Morgan fingerprint density at radius 1 is 1.43 bits per heavy atom. The summed E-state index contributed by atoms with van der Waals surface area (Å²) in [5, 5.41) is 8.88. The Labute approximate surface area is 122 Å². The topological polar surface area (TPSA) is 92.7 Å². The molecule has 6 heteroatoms. The molecule has 1 aromatic carbocycles. The molecule has 2 N–H and O–H groups in total. The highest BCUT2D eigenvalue weighted by Crippen LogP contribution is 2.33. The van der Waals surface area contributed by atoms with Crippen molar-refractivity contribution >= 4 is 17.7 Å². The zero-order chi connectivity index (χ0) is 15.7. The number of amides is 1. The normalized spacial score (nSPS) is 18.2. The molecule has 0 bridgehead atoms. The number of hydrogen-bond acceptors (Lipinski definition) is 4. The molecule has 0 saturated heterocycles. The van der Waals surface area contributed by atoms with Gasteiger partial charge in [-0.1, -0.05) is 13.0 Å². The first-order chi connectivity index (χ1) is 9.81. The fourth-order valence-corrected chi connectivity index (χ4v) is 2.25. The molecule has 2 rings (SSSR count). The number of ketones is 1. The van der Waals surface area contributed by atoms with Gasteiger partial charge in [-0.3, -0.25) is 14.4 Å². The van der Waals surface area contributed by atoms with Crippen LogP contribution < -0.4 is 10.3 Å². The smallest absolute Gasteiger partial charge is 0.306 e. The molecular formula is C15H17NO5. The van der Waals surface area contributed by atoms with Gasteiger partial charge in [0.15, 0.2) is 11.5 Å². The summed E-state index contributed by atoms with van der Waals surface area (Å²) in [6.45, 7) is 5.01. The predicted octanol–water partition coefficient (Wildman–Crippen LogP) is 1.82. The average Bonchev–Trinajstić information content (AvgIpc) is 2.42. The highest BCUT2D eigenvalue weighted by molar-refractivity contribution is 6.00. The van der Waals surface area contributed by atoms with Crippen molar-refractivity contribution in [2.24, 2.45) is 5.92 Å². The number of fused-ring (bicyclic) bond motifs is 1. The number of carbonyl (C=O) groups excluding carboxylic acids is 2. The lowest BCUT2D eigenvalue weighted by molar-refractivity contribution is -0.141. The van der Waals surface area contributed by atoms with Gasteiger partial charge < -0.3 is 9.94 Å². The summed E-state index contributed by atoms with van der Waals surface area (Å²) < 4.78 is 0. The Bertz CT molecular complexity index is 623. The Hall–Kier alpha value is -2.37. The fourth-order valence-electron chi connectivity index (χ4n) is 2.25. The highest BCUT2D eigenvalue weighted by Gasteiger charge is 2.28. The minimum Gasteiger partial charge on any atom is -0.481 e. The van der Waals surface area contributed by atoms with Gasteiger partial charge in [-0.15, -0.1) is 0 Å². The lowest BCUT2D eigenvalue weighted by Gasteiger charge is -2.23. The van der Waals surface area contributed by atoms with Gasteiger partial charge in [0, 0.05) is 17.5 Å². The highest BCUT2D eigenvalue weighted by atomic mass is 16.7. The van der Waals surface area contributed by atoms with Crippen molar-refractivity contribution in [2.75, 3.05) is 0 Å². The number of carboxylic acids is 1. The van der Waals surface area contributed by atoms with E-state index in [9.17, 15) is 14.4 Å². The number of carbonyl (C=O) groups is 3. The van der Waals surface area contributed by atoms with Crippen molar-refractivity contribution in [1.82, 2.24) is 5.48 Å². The molecule has 112 valence electrons. The van der Waals surface area contributed by atoms with Crippen LogP contribution in [0.4, 0.5) is 0 Å². The number of aliphatic carboxylic acids is 1. The van der Waals surface area contributed by atoms with E-state index >= 15 is 0 Å². The summed E-state index contributed by atoms with van der Waals surface area (Å²) in [7, 11) is 0. The summed E-state index contributed by atoms with van der Waals surface area (Å²) in [5.74, 6) is -2.16. The second kappa shape index (κ2) is 5.55. The van der Waals surface area contributed by atoms with E-state index in [1.165, 1.54) is 6.92 Å². The van der Waals surface area contributed by atoms with Crippen LogP contribution in [0.5, 0.6) is 5.75 Å². The molecule has 1 amide bonds. The van der Waals surface area contributed by atoms with Crippen molar-refractivity contribution in [2.45, 2.75) is 33.1 Å². The van der Waals surface area contributed by atoms with Crippen molar-refractivity contribution in [3.05, 3.63) is 28.8 Å². The number of benzene rings is 1. The van der Waals surface area contributed by atoms with Crippen molar-refractivity contribution < 1.29 is 24.3 Å². The van der Waals surface area contributed by atoms with E-state index in [0.29, 0.717) is 16.9 Å². The van der Waals surface area contributed by atoms with Gasteiger partial charge >= 0.3 is 5.97 Å². The second-order valence-electron chi connectivity index (χ2n) is 5.36. The SMILES string of the molecule is Cc1cc2c(cc1C(=O)CC(C)C(=O)O)ONC(=O)C2C. The number of hydrogen-bond donors (Lipinski definition) is 2. The molecule has 1 aliphatic heterocycles. The maximum Gasteiger partial charge on any atom is 0.306 e. The number of rotatable bonds is 4. The summed E-state index contributed by atoms with van der Waals surface area (Å²) >= 11 is 0. The van der Waals surface area contributed by atoms with E-state index in [4.69, 9.17) is 9.94 Å². The molecule has 0 fully saturated rings. The van der Waals surface area contributed by atoms with Crippen molar-refractivity contribution in [3.63, 3.8) is 0 Å². The molecule has 0 saturated carbocycles. The van der Waals surface area contributed by atoms with Gasteiger partial charge in [0.05, 0.1) is 11.8 Å². The Kier molecular flexibility index (Phi) is 3.97. The molecule has 1 heterocycles. The minimum absolute atomic E-state index is 0.0725. The van der Waals surface area contributed by atoms with Crippen molar-refractivity contribution in [1.29, 1.82) is 0 Å². The lowest BCUT2D eigenvalue weighted by Crippen LogP contribution is -2.36. The van der Waals surface area contributed by atoms with E-state index in [0.717, 1.165) is 5.56 Å². The summed E-state index contributed by atoms with van der Waals surface area (Å²) in [6.07, 6.45) is -0.0725. The molecule has 2 unspecified atom stereocenters. The van der Waals surface area contributed by atoms with E-state index < -0.39 is 11.9 Å². The first-order valence-electron chi connectivity index (χ1n) is 6.68. The third kappa shape index (κ3) is 2.89. The molecular weight excluding hydrogens is 274 g/mol. The molecule has 1 aliphatic rings. The number of carboxylic acid groups (broad SMARTS) is 1. The molecule has 21 heavy (non-hydrogen) atoms. The predicted molar refractivity (Wildman–Crippen MR) is 74.1 cm³/mol. The van der Waals surface area contributed by atoms with Crippen LogP contribution in [-0.4, -0.2) is 22.8 Å². The third-order valence-electron chi connectivity index (χ3n) is 3.69. The van der Waals surface area contributed by atoms with Crippen LogP contribution in [0, 0.1) is 12.8 Å². The Morgan fingerprint density at radius 3 is 2.71 bits per heavy atom. The van der Waals surface area contributed by atoms with Crippen LogP contribution >= 0.6 is 0 Å². The van der Waals surface area contributed by atoms with Gasteiger partial charge in [-0.25, -0.2) is 0 Å². The first-order valence-corrected chi connectivity index (χ1v) is 6.68. The zero-order valence-electron chi connectivity index (χ0n) is 12.1. The monoisotopic (exact) mass is 291 g/mol. The van der Waals surface area contributed by atoms with Gasteiger partial charge in [0.25, 0.3) is 5.91 Å².